The quantitative estimate of drug-likeness (QED) is 0.755. The average Bonchev–Trinajstić information content (AvgIpc) is 2.59. The third-order valence-electron chi connectivity index (χ3n) is 2.46. The van der Waals surface area contributed by atoms with Crippen LogP contribution in [0.15, 0.2) is 12.3 Å². The number of aromatic nitrogens is 4. The van der Waals surface area contributed by atoms with Crippen LogP contribution in [0.3, 0.4) is 0 Å². The summed E-state index contributed by atoms with van der Waals surface area (Å²) in [7, 11) is 0. The van der Waals surface area contributed by atoms with Crippen molar-refractivity contribution in [3.05, 3.63) is 18.0 Å². The first kappa shape index (κ1) is 10.1. The summed E-state index contributed by atoms with van der Waals surface area (Å²) in [6.45, 7) is 8.44. The molecule has 0 saturated heterocycles. The Kier molecular flexibility index (Phi) is 2.42. The topological polar surface area (TPSA) is 43.6 Å². The molecule has 0 spiro atoms. The van der Waals surface area contributed by atoms with Crippen molar-refractivity contribution in [2.75, 3.05) is 0 Å². The van der Waals surface area contributed by atoms with Crippen LogP contribution in [0.1, 0.15) is 45.3 Å². The summed E-state index contributed by atoms with van der Waals surface area (Å²) in [5, 5.41) is 8.38. The Labute approximate surface area is 89.3 Å². The first-order valence-electron chi connectivity index (χ1n) is 5.31. The zero-order chi connectivity index (χ0) is 11.0. The van der Waals surface area contributed by atoms with E-state index in [1.807, 2.05) is 16.9 Å². The normalized spacial score (nSPS) is 11.9. The summed E-state index contributed by atoms with van der Waals surface area (Å²) < 4.78 is 1.93. The standard InChI is InChI=1S/C11H16N4/c1-7(2)10-11-9(5-6-12-10)15(8(3)4)14-13-11/h5-8H,1-4H3. The van der Waals surface area contributed by atoms with Crippen LogP contribution in [-0.4, -0.2) is 20.0 Å². The Morgan fingerprint density at radius 1 is 1.20 bits per heavy atom. The molecule has 0 aromatic carbocycles. The molecule has 15 heavy (non-hydrogen) atoms. The molecule has 4 heteroatoms. The Balaban J connectivity index is 2.69. The number of nitrogens with zero attached hydrogens (tertiary/aromatic N) is 4. The van der Waals surface area contributed by atoms with Crippen molar-refractivity contribution in [1.29, 1.82) is 0 Å². The van der Waals surface area contributed by atoms with E-state index < -0.39 is 0 Å². The lowest BCUT2D eigenvalue weighted by atomic mass is 10.1. The van der Waals surface area contributed by atoms with Gasteiger partial charge < -0.3 is 0 Å². The Bertz CT molecular complexity index is 470. The van der Waals surface area contributed by atoms with Crippen molar-refractivity contribution in [2.45, 2.75) is 39.7 Å². The second kappa shape index (κ2) is 3.61. The lowest BCUT2D eigenvalue weighted by Crippen LogP contribution is -2.02. The highest BCUT2D eigenvalue weighted by atomic mass is 15.4. The summed E-state index contributed by atoms with van der Waals surface area (Å²) in [6, 6.07) is 2.30. The molecule has 80 valence electrons. The van der Waals surface area contributed by atoms with E-state index in [0.717, 1.165) is 16.7 Å². The SMILES string of the molecule is CC(C)c1nccc2c1nnn2C(C)C. The van der Waals surface area contributed by atoms with Crippen LogP contribution in [-0.2, 0) is 0 Å². The van der Waals surface area contributed by atoms with Crippen LogP contribution in [0.4, 0.5) is 0 Å². The Morgan fingerprint density at radius 2 is 1.93 bits per heavy atom. The van der Waals surface area contributed by atoms with E-state index >= 15 is 0 Å². The molecular weight excluding hydrogens is 188 g/mol. The summed E-state index contributed by atoms with van der Waals surface area (Å²) in [5.41, 5.74) is 3.03. The van der Waals surface area contributed by atoms with E-state index in [-0.39, 0.29) is 0 Å². The maximum atomic E-state index is 4.36. The van der Waals surface area contributed by atoms with E-state index in [1.54, 1.807) is 0 Å². The molecule has 0 fully saturated rings. The third kappa shape index (κ3) is 1.60. The van der Waals surface area contributed by atoms with Crippen LogP contribution in [0, 0.1) is 0 Å². The van der Waals surface area contributed by atoms with Gasteiger partial charge in [-0.05, 0) is 25.8 Å². The largest absolute Gasteiger partial charge is 0.259 e. The van der Waals surface area contributed by atoms with Crippen LogP contribution >= 0.6 is 0 Å². The van der Waals surface area contributed by atoms with Gasteiger partial charge in [-0.1, -0.05) is 19.1 Å². The molecule has 0 bridgehead atoms. The van der Waals surface area contributed by atoms with Crippen molar-refractivity contribution < 1.29 is 0 Å². The van der Waals surface area contributed by atoms with Crippen LogP contribution in [0.5, 0.6) is 0 Å². The molecule has 0 aliphatic rings. The molecule has 2 rings (SSSR count). The van der Waals surface area contributed by atoms with Crippen LogP contribution in [0.2, 0.25) is 0 Å². The molecule has 2 aromatic heterocycles. The van der Waals surface area contributed by atoms with Gasteiger partial charge in [0.05, 0.1) is 11.2 Å². The van der Waals surface area contributed by atoms with Crippen molar-refractivity contribution >= 4 is 11.0 Å². The molecule has 0 unspecified atom stereocenters. The molecule has 2 heterocycles. The first-order chi connectivity index (χ1) is 7.11. The van der Waals surface area contributed by atoms with Crippen molar-refractivity contribution in [3.63, 3.8) is 0 Å². The number of pyridine rings is 1. The van der Waals surface area contributed by atoms with Gasteiger partial charge in [0.2, 0.25) is 0 Å². The maximum absolute atomic E-state index is 4.36. The summed E-state index contributed by atoms with van der Waals surface area (Å²) >= 11 is 0. The second-order valence-electron chi connectivity index (χ2n) is 4.35. The highest BCUT2D eigenvalue weighted by Gasteiger charge is 2.13. The van der Waals surface area contributed by atoms with Crippen molar-refractivity contribution in [2.24, 2.45) is 0 Å². The second-order valence-corrected chi connectivity index (χ2v) is 4.35. The van der Waals surface area contributed by atoms with Gasteiger partial charge in [0.15, 0.2) is 0 Å². The van der Waals surface area contributed by atoms with Gasteiger partial charge in [0, 0.05) is 12.2 Å². The highest BCUT2D eigenvalue weighted by Crippen LogP contribution is 2.22. The molecule has 2 aromatic rings. The number of hydrogen-bond acceptors (Lipinski definition) is 3. The van der Waals surface area contributed by atoms with Gasteiger partial charge in [0.25, 0.3) is 0 Å². The summed E-state index contributed by atoms with van der Waals surface area (Å²) in [5.74, 6) is 0.381. The molecule has 0 aliphatic heterocycles. The number of hydrogen-bond donors (Lipinski definition) is 0. The van der Waals surface area contributed by atoms with E-state index in [1.165, 1.54) is 0 Å². The van der Waals surface area contributed by atoms with Crippen LogP contribution in [0.25, 0.3) is 11.0 Å². The highest BCUT2D eigenvalue weighted by molar-refractivity contribution is 5.76. The lowest BCUT2D eigenvalue weighted by Gasteiger charge is -2.07. The monoisotopic (exact) mass is 204 g/mol. The lowest BCUT2D eigenvalue weighted by molar-refractivity contribution is 0.530. The van der Waals surface area contributed by atoms with E-state index in [2.05, 4.69) is 43.0 Å². The Hall–Kier alpha value is -1.45. The minimum absolute atomic E-state index is 0.331. The molecular formula is C11H16N4. The zero-order valence-electron chi connectivity index (χ0n) is 9.60. The molecule has 0 amide bonds. The van der Waals surface area contributed by atoms with Crippen molar-refractivity contribution in [3.8, 4) is 0 Å². The average molecular weight is 204 g/mol. The molecule has 0 aliphatic carbocycles. The van der Waals surface area contributed by atoms with Crippen LogP contribution < -0.4 is 0 Å². The van der Waals surface area contributed by atoms with Gasteiger partial charge in [0.1, 0.15) is 5.52 Å². The van der Waals surface area contributed by atoms with Gasteiger partial charge in [-0.15, -0.1) is 5.10 Å². The minimum atomic E-state index is 0.331. The van der Waals surface area contributed by atoms with Gasteiger partial charge in [-0.3, -0.25) is 4.98 Å². The maximum Gasteiger partial charge on any atom is 0.134 e. The number of rotatable bonds is 2. The smallest absolute Gasteiger partial charge is 0.134 e. The fourth-order valence-corrected chi connectivity index (χ4v) is 1.69. The summed E-state index contributed by atoms with van der Waals surface area (Å²) in [4.78, 5) is 4.36. The first-order valence-corrected chi connectivity index (χ1v) is 5.31. The predicted molar refractivity (Wildman–Crippen MR) is 59.8 cm³/mol. The minimum Gasteiger partial charge on any atom is -0.259 e. The van der Waals surface area contributed by atoms with E-state index in [9.17, 15) is 0 Å². The number of fused-ring (bicyclic) bond motifs is 1. The van der Waals surface area contributed by atoms with Gasteiger partial charge >= 0.3 is 0 Å². The zero-order valence-corrected chi connectivity index (χ0v) is 9.60. The van der Waals surface area contributed by atoms with Gasteiger partial charge in [-0.25, -0.2) is 4.68 Å². The van der Waals surface area contributed by atoms with Crippen molar-refractivity contribution in [1.82, 2.24) is 20.0 Å². The predicted octanol–water partition coefficient (Wildman–Crippen LogP) is 2.53. The van der Waals surface area contributed by atoms with E-state index in [0.29, 0.717) is 12.0 Å². The molecule has 0 atom stereocenters. The van der Waals surface area contributed by atoms with E-state index in [4.69, 9.17) is 0 Å². The Morgan fingerprint density at radius 3 is 2.53 bits per heavy atom. The summed E-state index contributed by atoms with van der Waals surface area (Å²) in [6.07, 6.45) is 1.83. The molecule has 0 saturated carbocycles. The molecule has 4 nitrogen and oxygen atoms in total. The third-order valence-corrected chi connectivity index (χ3v) is 2.46. The van der Waals surface area contributed by atoms with Gasteiger partial charge in [-0.2, -0.15) is 0 Å². The molecule has 0 N–H and O–H groups in total. The fraction of sp³-hybridized carbons (Fsp3) is 0.545. The fourth-order valence-electron chi connectivity index (χ4n) is 1.69. The molecule has 0 radical (unpaired) electrons.